The fraction of sp³-hybridized carbons (Fsp3) is 0.200. The zero-order valence-corrected chi connectivity index (χ0v) is 15.2. The van der Waals surface area contributed by atoms with E-state index in [9.17, 15) is 43.2 Å². The summed E-state index contributed by atoms with van der Waals surface area (Å²) in [5, 5.41) is 0. The van der Waals surface area contributed by atoms with Crippen LogP contribution >= 0.6 is 20.2 Å². The molecule has 0 radical (unpaired) electrons. The summed E-state index contributed by atoms with van der Waals surface area (Å²) in [5.41, 5.74) is -11.5. The second-order valence-corrected chi connectivity index (χ2v) is 11.5. The summed E-state index contributed by atoms with van der Waals surface area (Å²) in [5.74, 6) is 0. The summed E-state index contributed by atoms with van der Waals surface area (Å²) >= 11 is -3.91. The maximum atomic E-state index is 12.4. The van der Waals surface area contributed by atoms with Gasteiger partial charge in [-0.1, -0.05) is 0 Å². The summed E-state index contributed by atoms with van der Waals surface area (Å²) < 4.78 is 125. The molecule has 0 aliphatic heterocycles. The predicted molar refractivity (Wildman–Crippen MR) is 80.4 cm³/mol. The van der Waals surface area contributed by atoms with E-state index in [1.54, 1.807) is 0 Å². The summed E-state index contributed by atoms with van der Waals surface area (Å²) in [4.78, 5) is 0. The van der Waals surface area contributed by atoms with Crippen LogP contribution in [-0.2, 0) is 26.9 Å². The molecule has 0 aromatic heterocycles. The minimum atomic E-state index is -6.05. The van der Waals surface area contributed by atoms with Gasteiger partial charge in [-0.2, -0.15) is 0 Å². The van der Waals surface area contributed by atoms with E-state index in [-0.39, 0.29) is 9.83 Å². The summed E-state index contributed by atoms with van der Waals surface area (Å²) in [6.45, 7) is 0. The van der Waals surface area contributed by atoms with E-state index < -0.39 is 51.5 Å². The molecule has 144 valence electrons. The molecule has 25 heavy (non-hydrogen) atoms. The van der Waals surface area contributed by atoms with Gasteiger partial charge in [-0.05, 0) is 0 Å². The first-order valence-electron chi connectivity index (χ1n) is 5.58. The van der Waals surface area contributed by atoms with E-state index in [0.29, 0.717) is 4.08 Å². The molecule has 0 saturated carbocycles. The maximum absolute atomic E-state index is 12.4. The summed E-state index contributed by atoms with van der Waals surface area (Å²) in [7, 11) is -12.1. The molecule has 15 heteroatoms. The Balaban J connectivity index is 3.12. The predicted octanol–water partition coefficient (Wildman–Crippen LogP) is 3.48. The van der Waals surface area contributed by atoms with Crippen LogP contribution in [0.15, 0.2) is 40.7 Å². The molecule has 6 nitrogen and oxygen atoms in total. The van der Waals surface area contributed by atoms with Gasteiger partial charge in [-0.15, -0.1) is 0 Å². The summed E-state index contributed by atoms with van der Waals surface area (Å²) in [6, 6.07) is 6.39. The first kappa shape index (κ1) is 22.0. The van der Waals surface area contributed by atoms with Crippen molar-refractivity contribution in [2.45, 2.75) is 11.0 Å². The Hall–Kier alpha value is -1.07. The molecule has 0 heterocycles. The van der Waals surface area contributed by atoms with Crippen LogP contribution in [0.1, 0.15) is 0 Å². The van der Waals surface area contributed by atoms with Crippen molar-refractivity contribution in [3.05, 3.63) is 44.2 Å². The number of halogens is 7. The van der Waals surface area contributed by atoms with Crippen LogP contribution < -0.4 is 0 Å². The molecular formula is C10H7F6IO6S2. The van der Waals surface area contributed by atoms with Gasteiger partial charge in [-0.3, -0.25) is 0 Å². The average Bonchev–Trinajstić information content (AvgIpc) is 2.44. The second kappa shape index (κ2) is 7.67. The standard InChI is InChI=1S/C10H7F6IO6S2/c11-9(12,13)24(18,19)22-7-6-17(8-4-2-1-3-5-8)23-25(20,21)10(14,15)16/h1-7H/b7-6+. The molecule has 1 aromatic carbocycles. The van der Waals surface area contributed by atoms with Crippen LogP contribution in [0.5, 0.6) is 0 Å². The molecule has 0 aliphatic rings. The van der Waals surface area contributed by atoms with Gasteiger partial charge < -0.3 is 0 Å². The molecule has 0 unspecified atom stereocenters. The Morgan fingerprint density at radius 3 is 1.76 bits per heavy atom. The van der Waals surface area contributed by atoms with E-state index in [1.165, 1.54) is 30.3 Å². The van der Waals surface area contributed by atoms with Crippen molar-refractivity contribution in [3.63, 3.8) is 0 Å². The number of rotatable bonds is 6. The van der Waals surface area contributed by atoms with E-state index in [0.717, 1.165) is 0 Å². The van der Waals surface area contributed by atoms with E-state index in [1.807, 2.05) is 0 Å². The fourth-order valence-corrected chi connectivity index (χ4v) is 6.94. The van der Waals surface area contributed by atoms with Crippen molar-refractivity contribution in [2.24, 2.45) is 0 Å². The van der Waals surface area contributed by atoms with Crippen LogP contribution in [0.2, 0.25) is 0 Å². The van der Waals surface area contributed by atoms with Crippen molar-refractivity contribution >= 4 is 40.5 Å². The van der Waals surface area contributed by atoms with Gasteiger partial charge in [0.2, 0.25) is 0 Å². The fourth-order valence-electron chi connectivity index (χ4n) is 0.989. The topological polar surface area (TPSA) is 86.7 Å². The van der Waals surface area contributed by atoms with Crippen molar-refractivity contribution in [2.75, 3.05) is 0 Å². The number of hydrogen-bond acceptors (Lipinski definition) is 6. The van der Waals surface area contributed by atoms with Crippen molar-refractivity contribution in [1.82, 2.24) is 0 Å². The van der Waals surface area contributed by atoms with Gasteiger partial charge in [0.25, 0.3) is 0 Å². The van der Waals surface area contributed by atoms with Gasteiger partial charge in [0, 0.05) is 0 Å². The molecular weight excluding hydrogens is 521 g/mol. The Kier molecular flexibility index (Phi) is 6.74. The van der Waals surface area contributed by atoms with Crippen molar-refractivity contribution in [3.8, 4) is 0 Å². The SMILES string of the molecule is O=S(=O)(O/C=C/I(OS(=O)(=O)C(F)(F)F)c1ccccc1)C(F)(F)F. The van der Waals surface area contributed by atoms with Gasteiger partial charge in [0.05, 0.1) is 0 Å². The van der Waals surface area contributed by atoms with E-state index in [4.69, 9.17) is 0 Å². The molecule has 0 bridgehead atoms. The molecule has 0 N–H and O–H groups in total. The molecule has 0 atom stereocenters. The first-order chi connectivity index (χ1) is 11.2. The third-order valence-corrected chi connectivity index (χ3v) is 9.29. The quantitative estimate of drug-likeness (QED) is 0.185. The van der Waals surface area contributed by atoms with E-state index in [2.05, 4.69) is 6.70 Å². The Morgan fingerprint density at radius 1 is 0.840 bits per heavy atom. The molecule has 1 aromatic rings. The number of hydrogen-bond donors (Lipinski definition) is 0. The Bertz CT molecular complexity index is 816. The zero-order chi connectivity index (χ0) is 19.5. The van der Waals surface area contributed by atoms with Crippen LogP contribution in [-0.4, -0.2) is 27.9 Å². The second-order valence-electron chi connectivity index (χ2n) is 3.79. The normalized spacial score (nSPS) is 14.6. The van der Waals surface area contributed by atoms with E-state index >= 15 is 0 Å². The zero-order valence-electron chi connectivity index (χ0n) is 11.5. The molecule has 0 saturated heterocycles. The van der Waals surface area contributed by atoms with Crippen LogP contribution in [0.25, 0.3) is 0 Å². The summed E-state index contributed by atoms with van der Waals surface area (Å²) in [6.07, 6.45) is -0.0629. The molecule has 1 rings (SSSR count). The third kappa shape index (κ3) is 6.00. The Labute approximate surface area is 145 Å². The monoisotopic (exact) mass is 528 g/mol. The molecule has 0 fully saturated rings. The van der Waals surface area contributed by atoms with Gasteiger partial charge in [-0.25, -0.2) is 0 Å². The van der Waals surface area contributed by atoms with Crippen molar-refractivity contribution < 1.29 is 49.9 Å². The average molecular weight is 528 g/mol. The van der Waals surface area contributed by atoms with Gasteiger partial charge >= 0.3 is 146 Å². The van der Waals surface area contributed by atoms with Crippen molar-refractivity contribution in [1.29, 1.82) is 0 Å². The Morgan fingerprint density at radius 2 is 1.32 bits per heavy atom. The molecule has 0 spiro atoms. The number of benzene rings is 1. The minimum absolute atomic E-state index is 0.0629. The molecule has 0 aliphatic carbocycles. The first-order valence-corrected chi connectivity index (χ1v) is 11.6. The van der Waals surface area contributed by atoms with Gasteiger partial charge in [0.1, 0.15) is 0 Å². The molecule has 0 amide bonds. The van der Waals surface area contributed by atoms with Crippen LogP contribution in [0, 0.1) is 3.57 Å². The number of alkyl halides is 6. The van der Waals surface area contributed by atoms with Crippen LogP contribution in [0.3, 0.4) is 0 Å². The third-order valence-electron chi connectivity index (χ3n) is 2.01. The van der Waals surface area contributed by atoms with Gasteiger partial charge in [0.15, 0.2) is 0 Å². The van der Waals surface area contributed by atoms with Crippen LogP contribution in [0.4, 0.5) is 26.3 Å².